The van der Waals surface area contributed by atoms with Crippen LogP contribution in [-0.4, -0.2) is 24.5 Å². The minimum absolute atomic E-state index is 0.135. The second kappa shape index (κ2) is 9.48. The third kappa shape index (κ3) is 4.76. The number of benzene rings is 2. The van der Waals surface area contributed by atoms with Gasteiger partial charge in [-0.05, 0) is 55.3 Å². The van der Waals surface area contributed by atoms with Gasteiger partial charge in [0.25, 0.3) is 11.5 Å². The molecule has 1 amide bonds. The number of aromatic nitrogens is 2. The van der Waals surface area contributed by atoms with E-state index in [0.717, 1.165) is 16.7 Å². The van der Waals surface area contributed by atoms with Gasteiger partial charge in [0.05, 0.1) is 11.4 Å². The van der Waals surface area contributed by atoms with Crippen LogP contribution in [0.1, 0.15) is 22.3 Å². The summed E-state index contributed by atoms with van der Waals surface area (Å²) in [6.07, 6.45) is 3.18. The van der Waals surface area contributed by atoms with E-state index >= 15 is 0 Å². The van der Waals surface area contributed by atoms with E-state index in [9.17, 15) is 9.59 Å². The van der Waals surface area contributed by atoms with E-state index in [4.69, 9.17) is 17.0 Å². The Kier molecular flexibility index (Phi) is 6.23. The van der Waals surface area contributed by atoms with E-state index < -0.39 is 0 Å². The number of pyridine rings is 1. The van der Waals surface area contributed by atoms with Crippen LogP contribution in [0.3, 0.4) is 0 Å². The number of fused-ring (bicyclic) bond motifs is 1. The highest BCUT2D eigenvalue weighted by atomic mass is 32.2. The minimum atomic E-state index is -0.331. The van der Waals surface area contributed by atoms with E-state index in [-0.39, 0.29) is 22.9 Å². The Labute approximate surface area is 211 Å². The van der Waals surface area contributed by atoms with Crippen LogP contribution < -0.4 is 10.3 Å². The molecule has 0 N–H and O–H groups in total. The van der Waals surface area contributed by atoms with E-state index in [2.05, 4.69) is 4.98 Å². The molecular weight excluding hydrogens is 478 g/mol. The van der Waals surface area contributed by atoms with E-state index in [1.807, 2.05) is 56.3 Å². The van der Waals surface area contributed by atoms with Gasteiger partial charge in [-0.1, -0.05) is 72.0 Å². The average molecular weight is 500 g/mol. The van der Waals surface area contributed by atoms with Gasteiger partial charge in [0.1, 0.15) is 21.3 Å². The zero-order valence-corrected chi connectivity index (χ0v) is 20.7. The van der Waals surface area contributed by atoms with Gasteiger partial charge in [-0.15, -0.1) is 0 Å². The van der Waals surface area contributed by atoms with Crippen LogP contribution in [0.2, 0.25) is 0 Å². The van der Waals surface area contributed by atoms with Crippen LogP contribution in [0.4, 0.5) is 0 Å². The van der Waals surface area contributed by atoms with E-state index in [0.29, 0.717) is 27.2 Å². The quantitative estimate of drug-likeness (QED) is 0.267. The fourth-order valence-electron chi connectivity index (χ4n) is 3.72. The molecule has 2 aromatic carbocycles. The number of aryl methyl sites for hydroxylation is 2. The summed E-state index contributed by atoms with van der Waals surface area (Å²) in [4.78, 5) is 33.1. The molecule has 0 aliphatic carbocycles. The second-order valence-electron chi connectivity index (χ2n) is 8.24. The average Bonchev–Trinajstić information content (AvgIpc) is 3.10. The summed E-state index contributed by atoms with van der Waals surface area (Å²) in [7, 11) is 0. The number of amides is 1. The van der Waals surface area contributed by atoms with Gasteiger partial charge in [0, 0.05) is 6.20 Å². The third-order valence-corrected chi connectivity index (χ3v) is 6.93. The first-order chi connectivity index (χ1) is 16.9. The lowest BCUT2D eigenvalue weighted by molar-refractivity contribution is -0.122. The highest BCUT2D eigenvalue weighted by Gasteiger charge is 2.33. The maximum atomic E-state index is 13.4. The van der Waals surface area contributed by atoms with Crippen molar-refractivity contribution in [2.45, 2.75) is 20.4 Å². The van der Waals surface area contributed by atoms with Gasteiger partial charge in [-0.25, -0.2) is 0 Å². The van der Waals surface area contributed by atoms with Crippen molar-refractivity contribution in [2.24, 2.45) is 0 Å². The number of nitrogens with zero attached hydrogens (tertiary/aromatic N) is 3. The highest BCUT2D eigenvalue weighted by Crippen LogP contribution is 2.35. The predicted molar refractivity (Wildman–Crippen MR) is 143 cm³/mol. The topological polar surface area (TPSA) is 63.9 Å². The molecule has 1 aliphatic heterocycles. The van der Waals surface area contributed by atoms with Crippen LogP contribution in [0, 0.1) is 13.8 Å². The largest absolute Gasteiger partial charge is 0.438 e. The van der Waals surface area contributed by atoms with Crippen molar-refractivity contribution >= 4 is 45.9 Å². The SMILES string of the molecule is Cc1ccc(CN2C(=O)/C(=C\c3c(Oc4cccc(C)c4)nc4ccccn4c3=O)SC2=S)cc1. The van der Waals surface area contributed by atoms with Crippen LogP contribution in [0.15, 0.2) is 82.6 Å². The molecule has 1 fully saturated rings. The Balaban J connectivity index is 1.55. The molecule has 35 heavy (non-hydrogen) atoms. The molecule has 6 nitrogen and oxygen atoms in total. The first-order valence-electron chi connectivity index (χ1n) is 11.0. The fraction of sp³-hybridized carbons (Fsp3) is 0.111. The van der Waals surface area contributed by atoms with Crippen molar-refractivity contribution in [1.82, 2.24) is 14.3 Å². The van der Waals surface area contributed by atoms with Crippen molar-refractivity contribution < 1.29 is 9.53 Å². The predicted octanol–water partition coefficient (Wildman–Crippen LogP) is 5.51. The molecule has 0 saturated carbocycles. The first-order valence-corrected chi connectivity index (χ1v) is 12.2. The van der Waals surface area contributed by atoms with Gasteiger partial charge in [0.15, 0.2) is 0 Å². The summed E-state index contributed by atoms with van der Waals surface area (Å²) in [6.45, 7) is 4.33. The van der Waals surface area contributed by atoms with Gasteiger partial charge in [-0.2, -0.15) is 4.98 Å². The number of thiocarbonyl (C=S) groups is 1. The molecule has 4 aromatic rings. The monoisotopic (exact) mass is 499 g/mol. The van der Waals surface area contributed by atoms with Crippen molar-refractivity contribution in [1.29, 1.82) is 0 Å². The van der Waals surface area contributed by atoms with Gasteiger partial charge in [0.2, 0.25) is 5.88 Å². The standard InChI is InChI=1S/C27H21N3O3S2/c1-17-9-11-19(12-10-17)16-30-26(32)22(35-27(30)34)15-21-24(33-20-7-5-6-18(2)14-20)28-23-8-3-4-13-29(23)25(21)31/h3-15H,16H2,1-2H3/b22-15+. The molecule has 2 aromatic heterocycles. The molecule has 0 atom stereocenters. The lowest BCUT2D eigenvalue weighted by atomic mass is 10.1. The summed E-state index contributed by atoms with van der Waals surface area (Å²) in [5.41, 5.74) is 3.43. The maximum Gasteiger partial charge on any atom is 0.269 e. The molecule has 1 aliphatic rings. The number of thioether (sulfide) groups is 1. The second-order valence-corrected chi connectivity index (χ2v) is 9.91. The summed E-state index contributed by atoms with van der Waals surface area (Å²) < 4.78 is 7.92. The Hall–Kier alpha value is -3.75. The molecule has 1 saturated heterocycles. The third-order valence-electron chi connectivity index (χ3n) is 5.55. The van der Waals surface area contributed by atoms with Gasteiger partial charge < -0.3 is 4.74 Å². The Morgan fingerprint density at radius 2 is 1.80 bits per heavy atom. The minimum Gasteiger partial charge on any atom is -0.438 e. The zero-order valence-electron chi connectivity index (χ0n) is 19.1. The highest BCUT2D eigenvalue weighted by molar-refractivity contribution is 8.26. The van der Waals surface area contributed by atoms with Crippen LogP contribution in [0.5, 0.6) is 11.6 Å². The lowest BCUT2D eigenvalue weighted by Gasteiger charge is -2.14. The summed E-state index contributed by atoms with van der Waals surface area (Å²) in [6, 6.07) is 20.7. The first kappa shape index (κ1) is 23.0. The lowest BCUT2D eigenvalue weighted by Crippen LogP contribution is -2.27. The van der Waals surface area contributed by atoms with Crippen LogP contribution in [-0.2, 0) is 11.3 Å². The summed E-state index contributed by atoms with van der Waals surface area (Å²) in [5, 5.41) is 0. The number of hydrogen-bond donors (Lipinski definition) is 0. The van der Waals surface area contributed by atoms with Crippen LogP contribution >= 0.6 is 24.0 Å². The maximum absolute atomic E-state index is 13.4. The zero-order chi connectivity index (χ0) is 24.5. The van der Waals surface area contributed by atoms with Crippen molar-refractivity contribution in [3.8, 4) is 11.6 Å². The Morgan fingerprint density at radius 1 is 1.00 bits per heavy atom. The number of ether oxygens (including phenoxy) is 1. The molecule has 5 rings (SSSR count). The number of hydrogen-bond acceptors (Lipinski definition) is 6. The normalized spacial score (nSPS) is 14.8. The van der Waals surface area contributed by atoms with Crippen molar-refractivity contribution in [3.63, 3.8) is 0 Å². The smallest absolute Gasteiger partial charge is 0.269 e. The number of rotatable bonds is 5. The number of carbonyl (C=O) groups excluding carboxylic acids is 1. The Morgan fingerprint density at radius 3 is 2.57 bits per heavy atom. The molecule has 3 heterocycles. The van der Waals surface area contributed by atoms with E-state index in [1.54, 1.807) is 35.4 Å². The molecule has 8 heteroatoms. The van der Waals surface area contributed by atoms with Gasteiger partial charge >= 0.3 is 0 Å². The molecule has 0 spiro atoms. The van der Waals surface area contributed by atoms with Crippen molar-refractivity contribution in [2.75, 3.05) is 0 Å². The van der Waals surface area contributed by atoms with E-state index in [1.165, 1.54) is 22.2 Å². The van der Waals surface area contributed by atoms with Crippen LogP contribution in [0.25, 0.3) is 11.7 Å². The Bertz CT molecular complexity index is 1560. The summed E-state index contributed by atoms with van der Waals surface area (Å²) in [5.74, 6) is 0.439. The molecular formula is C27H21N3O3S2. The molecule has 0 unspecified atom stereocenters. The molecule has 0 bridgehead atoms. The van der Waals surface area contributed by atoms with Gasteiger partial charge in [-0.3, -0.25) is 18.9 Å². The molecule has 174 valence electrons. The summed E-state index contributed by atoms with van der Waals surface area (Å²) >= 11 is 6.66. The van der Waals surface area contributed by atoms with Crippen molar-refractivity contribution in [3.05, 3.63) is 110 Å². The fourth-order valence-corrected chi connectivity index (χ4v) is 4.95. The molecule has 0 radical (unpaired) electrons. The number of carbonyl (C=O) groups is 1.